The molecule has 0 N–H and O–H groups in total. The molecule has 0 aliphatic heterocycles. The standard InChI is InChI=1S/C14H30O8S4/c1-13(2)25(19,20)23(15,16)11-9-7-5-6-8-10-12-24(17,18)26(21,22)14(3)4/h13-14H,5-12H2,1-4H3. The first-order valence-corrected chi connectivity index (χ1v) is 16.0. The molecule has 0 saturated carbocycles. The molecule has 0 aliphatic carbocycles. The van der Waals surface area contributed by atoms with Crippen LogP contribution >= 0.6 is 0 Å². The quantitative estimate of drug-likeness (QED) is 0.302. The molecule has 0 heterocycles. The monoisotopic (exact) mass is 454 g/mol. The van der Waals surface area contributed by atoms with E-state index >= 15 is 0 Å². The van der Waals surface area contributed by atoms with Gasteiger partial charge in [0.2, 0.25) is 0 Å². The summed E-state index contributed by atoms with van der Waals surface area (Å²) in [7, 11) is -16.7. The van der Waals surface area contributed by atoms with Crippen molar-refractivity contribution >= 4 is 35.5 Å². The summed E-state index contributed by atoms with van der Waals surface area (Å²) in [6.45, 7) is 5.28. The van der Waals surface area contributed by atoms with E-state index in [9.17, 15) is 33.7 Å². The highest BCUT2D eigenvalue weighted by molar-refractivity contribution is 8.67. The summed E-state index contributed by atoms with van der Waals surface area (Å²) in [4.78, 5) is 0. The Morgan fingerprint density at radius 1 is 0.462 bits per heavy atom. The highest BCUT2D eigenvalue weighted by Gasteiger charge is 2.33. The summed E-state index contributed by atoms with van der Waals surface area (Å²) in [6.07, 6.45) is 2.68. The van der Waals surface area contributed by atoms with Crippen molar-refractivity contribution in [3.8, 4) is 0 Å². The van der Waals surface area contributed by atoms with Crippen molar-refractivity contribution in [2.45, 2.75) is 76.7 Å². The summed E-state index contributed by atoms with van der Waals surface area (Å²) < 4.78 is 93.9. The van der Waals surface area contributed by atoms with Gasteiger partial charge in [-0.1, -0.05) is 25.7 Å². The van der Waals surface area contributed by atoms with Gasteiger partial charge in [0.05, 0.1) is 22.0 Å². The van der Waals surface area contributed by atoms with Crippen LogP contribution in [0.1, 0.15) is 66.2 Å². The SMILES string of the molecule is CC(C)S(=O)(=O)S(=O)(=O)CCCCCCCCS(=O)(=O)S(=O)(=O)C(C)C. The van der Waals surface area contributed by atoms with E-state index in [4.69, 9.17) is 0 Å². The smallest absolute Gasteiger partial charge is 0.213 e. The molecule has 0 saturated heterocycles. The molecule has 0 bridgehead atoms. The van der Waals surface area contributed by atoms with Crippen LogP contribution in [0.4, 0.5) is 0 Å². The predicted molar refractivity (Wildman–Crippen MR) is 103 cm³/mol. The van der Waals surface area contributed by atoms with E-state index in [0.29, 0.717) is 25.7 Å². The van der Waals surface area contributed by atoms with Gasteiger partial charge in [-0.2, -0.15) is 0 Å². The second-order valence-corrected chi connectivity index (χ2v) is 19.5. The average Bonchev–Trinajstić information content (AvgIpc) is 2.48. The van der Waals surface area contributed by atoms with Gasteiger partial charge in [-0.3, -0.25) is 0 Å². The minimum atomic E-state index is -4.17. The Morgan fingerprint density at radius 2 is 0.692 bits per heavy atom. The lowest BCUT2D eigenvalue weighted by Gasteiger charge is -2.09. The van der Waals surface area contributed by atoms with E-state index < -0.39 is 57.5 Å². The second kappa shape index (κ2) is 9.83. The van der Waals surface area contributed by atoms with Crippen LogP contribution in [0.2, 0.25) is 0 Å². The van der Waals surface area contributed by atoms with Gasteiger partial charge in [0.1, 0.15) is 0 Å². The van der Waals surface area contributed by atoms with Crippen molar-refractivity contribution in [3.63, 3.8) is 0 Å². The highest BCUT2D eigenvalue weighted by atomic mass is 33.2. The molecular weight excluding hydrogens is 424 g/mol. The molecule has 0 atom stereocenters. The van der Waals surface area contributed by atoms with Crippen LogP contribution in [-0.4, -0.2) is 55.7 Å². The fourth-order valence-electron chi connectivity index (χ4n) is 2.08. The van der Waals surface area contributed by atoms with Gasteiger partial charge in [-0.25, -0.2) is 33.7 Å². The van der Waals surface area contributed by atoms with E-state index in [2.05, 4.69) is 0 Å². The molecule has 0 unspecified atom stereocenters. The van der Waals surface area contributed by atoms with Crippen molar-refractivity contribution in [3.05, 3.63) is 0 Å². The maximum atomic E-state index is 11.8. The Balaban J connectivity index is 4.19. The molecule has 0 rings (SSSR count). The summed E-state index contributed by atoms with van der Waals surface area (Å²) >= 11 is 0. The van der Waals surface area contributed by atoms with Crippen molar-refractivity contribution in [1.82, 2.24) is 0 Å². The van der Waals surface area contributed by atoms with Gasteiger partial charge in [-0.15, -0.1) is 0 Å². The topological polar surface area (TPSA) is 137 Å². The summed E-state index contributed by atoms with van der Waals surface area (Å²) in [5.41, 5.74) is 0. The number of unbranched alkanes of at least 4 members (excludes halogenated alkanes) is 5. The Hall–Kier alpha value is -0.200. The first-order valence-electron chi connectivity index (χ1n) is 8.52. The fraction of sp³-hybridized carbons (Fsp3) is 1.00. The molecule has 0 aromatic heterocycles. The molecule has 0 spiro atoms. The van der Waals surface area contributed by atoms with Crippen LogP contribution in [0.5, 0.6) is 0 Å². The lowest BCUT2D eigenvalue weighted by atomic mass is 10.1. The first-order chi connectivity index (χ1) is 11.6. The largest absolute Gasteiger partial charge is 0.255 e. The zero-order chi connectivity index (χ0) is 20.8. The van der Waals surface area contributed by atoms with Crippen LogP contribution in [-0.2, 0) is 35.5 Å². The Labute approximate surface area is 157 Å². The molecule has 0 fully saturated rings. The predicted octanol–water partition coefficient (Wildman–Crippen LogP) is 1.63. The molecule has 0 aliphatic rings. The Kier molecular flexibility index (Phi) is 9.76. The average molecular weight is 455 g/mol. The van der Waals surface area contributed by atoms with E-state index in [0.717, 1.165) is 0 Å². The van der Waals surface area contributed by atoms with Gasteiger partial charge in [-0.05, 0) is 40.5 Å². The van der Waals surface area contributed by atoms with Crippen LogP contribution in [0.25, 0.3) is 0 Å². The minimum Gasteiger partial charge on any atom is -0.213 e. The molecular formula is C14H30O8S4. The minimum absolute atomic E-state index is 0.217. The number of rotatable bonds is 13. The van der Waals surface area contributed by atoms with E-state index in [1.807, 2.05) is 0 Å². The maximum absolute atomic E-state index is 11.8. The summed E-state index contributed by atoms with van der Waals surface area (Å²) in [5.74, 6) is -0.844. The first kappa shape index (κ1) is 25.8. The zero-order valence-corrected chi connectivity index (χ0v) is 19.0. The number of hydrogen-bond acceptors (Lipinski definition) is 8. The summed E-state index contributed by atoms with van der Waals surface area (Å²) in [6, 6.07) is 0. The highest BCUT2D eigenvalue weighted by Crippen LogP contribution is 2.16. The van der Waals surface area contributed by atoms with Crippen LogP contribution in [0, 0.1) is 0 Å². The Bertz CT molecular complexity index is 774. The lowest BCUT2D eigenvalue weighted by Crippen LogP contribution is -2.26. The lowest BCUT2D eigenvalue weighted by molar-refractivity contribution is 0.569. The van der Waals surface area contributed by atoms with E-state index in [1.165, 1.54) is 27.7 Å². The molecule has 12 heteroatoms. The number of hydrogen-bond donors (Lipinski definition) is 0. The molecule has 158 valence electrons. The fourth-order valence-corrected chi connectivity index (χ4v) is 10.5. The molecule has 0 aromatic rings. The summed E-state index contributed by atoms with van der Waals surface area (Å²) in [5, 5.41) is -1.95. The van der Waals surface area contributed by atoms with Crippen molar-refractivity contribution in [2.24, 2.45) is 0 Å². The molecule has 26 heavy (non-hydrogen) atoms. The molecule has 0 amide bonds. The zero-order valence-electron chi connectivity index (χ0n) is 15.7. The van der Waals surface area contributed by atoms with Gasteiger partial charge >= 0.3 is 0 Å². The normalized spacial score (nSPS) is 14.2. The third kappa shape index (κ3) is 6.75. The Morgan fingerprint density at radius 3 is 0.923 bits per heavy atom. The third-order valence-electron chi connectivity index (χ3n) is 3.90. The van der Waals surface area contributed by atoms with Gasteiger partial charge < -0.3 is 0 Å². The van der Waals surface area contributed by atoms with E-state index in [1.54, 1.807) is 0 Å². The van der Waals surface area contributed by atoms with Crippen molar-refractivity contribution < 1.29 is 33.7 Å². The molecule has 0 radical (unpaired) electrons. The van der Waals surface area contributed by atoms with Gasteiger partial charge in [0, 0.05) is 0 Å². The van der Waals surface area contributed by atoms with Gasteiger partial charge in [0.25, 0.3) is 35.5 Å². The second-order valence-electron chi connectivity index (χ2n) is 6.73. The van der Waals surface area contributed by atoms with Crippen LogP contribution in [0.3, 0.4) is 0 Å². The van der Waals surface area contributed by atoms with Crippen LogP contribution < -0.4 is 0 Å². The van der Waals surface area contributed by atoms with E-state index in [-0.39, 0.29) is 12.8 Å². The molecule has 8 nitrogen and oxygen atoms in total. The van der Waals surface area contributed by atoms with Crippen LogP contribution in [0.15, 0.2) is 0 Å². The van der Waals surface area contributed by atoms with Gasteiger partial charge in [0.15, 0.2) is 0 Å². The van der Waals surface area contributed by atoms with Crippen molar-refractivity contribution in [1.29, 1.82) is 0 Å². The third-order valence-corrected chi connectivity index (χ3v) is 16.8. The van der Waals surface area contributed by atoms with Crippen molar-refractivity contribution in [2.75, 3.05) is 11.5 Å². The maximum Gasteiger partial charge on any atom is 0.255 e. The molecule has 0 aromatic carbocycles.